The van der Waals surface area contributed by atoms with Crippen LogP contribution in [-0.2, 0) is 24.1 Å². The molecule has 0 spiro atoms. The molecule has 3 N–H and O–H groups in total. The number of nitrogens with one attached hydrogen (secondary N) is 2. The fraction of sp³-hybridized carbons (Fsp3) is 0.222. The van der Waals surface area contributed by atoms with E-state index in [-0.39, 0.29) is 17.2 Å². The molecule has 0 atom stereocenters. The van der Waals surface area contributed by atoms with Gasteiger partial charge in [-0.2, -0.15) is 0 Å². The summed E-state index contributed by atoms with van der Waals surface area (Å²) in [5.41, 5.74) is 3.42. The van der Waals surface area contributed by atoms with Crippen molar-refractivity contribution in [3.63, 3.8) is 0 Å². The summed E-state index contributed by atoms with van der Waals surface area (Å²) < 4.78 is 0. The zero-order valence-electron chi connectivity index (χ0n) is 13.6. The second-order valence-electron chi connectivity index (χ2n) is 5.78. The number of nitrogens with zero attached hydrogens (tertiary/aromatic N) is 1. The van der Waals surface area contributed by atoms with Gasteiger partial charge in [-0.05, 0) is 42.2 Å². The number of hydrogen-bond donors (Lipinski definition) is 3. The molecular formula is C18H17N3O4. The highest BCUT2D eigenvalue weighted by molar-refractivity contribution is 5.99. The van der Waals surface area contributed by atoms with Gasteiger partial charge >= 0.3 is 5.97 Å². The van der Waals surface area contributed by atoms with E-state index in [1.54, 1.807) is 0 Å². The maximum atomic E-state index is 11.8. The summed E-state index contributed by atoms with van der Waals surface area (Å²) in [5.74, 6) is -1.57. The number of carboxylic acid groups (broad SMARTS) is 1. The van der Waals surface area contributed by atoms with Gasteiger partial charge in [0.15, 0.2) is 0 Å². The van der Waals surface area contributed by atoms with Crippen molar-refractivity contribution in [3.8, 4) is 0 Å². The molecule has 0 unspecified atom stereocenters. The monoisotopic (exact) mass is 339 g/mol. The third kappa shape index (κ3) is 3.50. The van der Waals surface area contributed by atoms with Crippen molar-refractivity contribution in [2.24, 2.45) is 0 Å². The lowest BCUT2D eigenvalue weighted by molar-refractivity contribution is -0.115. The number of rotatable bonds is 5. The summed E-state index contributed by atoms with van der Waals surface area (Å²) in [6.45, 7) is 0. The van der Waals surface area contributed by atoms with Gasteiger partial charge in [0.2, 0.25) is 5.91 Å². The predicted molar refractivity (Wildman–Crippen MR) is 90.8 cm³/mol. The number of amides is 2. The van der Waals surface area contributed by atoms with E-state index in [1.807, 2.05) is 18.2 Å². The summed E-state index contributed by atoms with van der Waals surface area (Å²) in [6.07, 6.45) is 1.41. The molecule has 2 heterocycles. The highest BCUT2D eigenvalue weighted by Gasteiger charge is 2.20. The molecule has 2 aromatic rings. The predicted octanol–water partition coefficient (Wildman–Crippen LogP) is 1.42. The Balaban J connectivity index is 1.85. The molecule has 1 aromatic carbocycles. The van der Waals surface area contributed by atoms with Crippen molar-refractivity contribution in [1.29, 1.82) is 0 Å². The molecule has 1 aliphatic heterocycles. The van der Waals surface area contributed by atoms with E-state index < -0.39 is 11.9 Å². The third-order valence-electron chi connectivity index (χ3n) is 4.12. The Morgan fingerprint density at radius 2 is 2.08 bits per heavy atom. The first kappa shape index (κ1) is 16.6. The van der Waals surface area contributed by atoms with Crippen LogP contribution < -0.4 is 10.6 Å². The maximum absolute atomic E-state index is 11.8. The number of pyridine rings is 1. The quantitative estimate of drug-likeness (QED) is 0.763. The molecule has 0 aliphatic carbocycles. The van der Waals surface area contributed by atoms with Crippen LogP contribution in [-0.4, -0.2) is 34.9 Å². The number of carbonyl (C=O) groups is 3. The van der Waals surface area contributed by atoms with Gasteiger partial charge in [-0.1, -0.05) is 12.1 Å². The fourth-order valence-corrected chi connectivity index (χ4v) is 2.90. The number of fused-ring (bicyclic) bond motifs is 1. The summed E-state index contributed by atoms with van der Waals surface area (Å²) >= 11 is 0. The first-order chi connectivity index (χ1) is 12.0. The van der Waals surface area contributed by atoms with Crippen LogP contribution in [0.1, 0.15) is 37.7 Å². The summed E-state index contributed by atoms with van der Waals surface area (Å²) in [6, 6.07) is 8.40. The number of aryl methyl sites for hydroxylation is 2. The second kappa shape index (κ2) is 6.72. The van der Waals surface area contributed by atoms with Gasteiger partial charge < -0.3 is 15.7 Å². The normalized spacial score (nSPS) is 12.4. The minimum Gasteiger partial charge on any atom is -0.478 e. The molecule has 128 valence electrons. The number of carbonyl (C=O) groups excluding carboxylic acids is 2. The van der Waals surface area contributed by atoms with Gasteiger partial charge in [-0.3, -0.25) is 9.59 Å². The average molecular weight is 339 g/mol. The molecule has 0 bridgehead atoms. The fourth-order valence-electron chi connectivity index (χ4n) is 2.90. The number of carboxylic acids is 1. The molecule has 0 saturated heterocycles. The van der Waals surface area contributed by atoms with Crippen molar-refractivity contribution in [2.75, 3.05) is 12.4 Å². The number of anilines is 1. The highest BCUT2D eigenvalue weighted by Crippen LogP contribution is 2.27. The van der Waals surface area contributed by atoms with Crippen molar-refractivity contribution in [1.82, 2.24) is 10.3 Å². The zero-order chi connectivity index (χ0) is 18.0. The summed E-state index contributed by atoms with van der Waals surface area (Å²) in [5, 5.41) is 14.5. The van der Waals surface area contributed by atoms with Gasteiger partial charge in [-0.25, -0.2) is 9.78 Å². The molecule has 1 aliphatic rings. The average Bonchev–Trinajstić information content (AvgIpc) is 2.99. The smallest absolute Gasteiger partial charge is 0.335 e. The second-order valence-corrected chi connectivity index (χ2v) is 5.78. The van der Waals surface area contributed by atoms with E-state index in [1.165, 1.54) is 19.2 Å². The van der Waals surface area contributed by atoms with Gasteiger partial charge in [0.05, 0.1) is 12.0 Å². The van der Waals surface area contributed by atoms with Crippen LogP contribution in [0, 0.1) is 0 Å². The van der Waals surface area contributed by atoms with E-state index in [0.717, 1.165) is 16.8 Å². The van der Waals surface area contributed by atoms with Crippen LogP contribution in [0.25, 0.3) is 0 Å². The molecule has 2 amide bonds. The molecule has 1 aromatic heterocycles. The highest BCUT2D eigenvalue weighted by atomic mass is 16.4. The molecule has 0 fully saturated rings. The van der Waals surface area contributed by atoms with Gasteiger partial charge in [0, 0.05) is 18.4 Å². The van der Waals surface area contributed by atoms with Crippen LogP contribution in [0.3, 0.4) is 0 Å². The molecule has 7 nitrogen and oxygen atoms in total. The zero-order valence-corrected chi connectivity index (χ0v) is 13.6. The number of aromatic carboxylic acids is 1. The van der Waals surface area contributed by atoms with E-state index in [2.05, 4.69) is 15.6 Å². The Morgan fingerprint density at radius 1 is 1.28 bits per heavy atom. The summed E-state index contributed by atoms with van der Waals surface area (Å²) in [4.78, 5) is 38.9. The lowest BCUT2D eigenvalue weighted by Gasteiger charge is -2.09. The first-order valence-corrected chi connectivity index (χ1v) is 7.85. The largest absolute Gasteiger partial charge is 0.478 e. The first-order valence-electron chi connectivity index (χ1n) is 7.85. The van der Waals surface area contributed by atoms with E-state index in [4.69, 9.17) is 0 Å². The lowest BCUT2D eigenvalue weighted by Crippen LogP contribution is -2.20. The van der Waals surface area contributed by atoms with Crippen LogP contribution in [0.2, 0.25) is 0 Å². The summed E-state index contributed by atoms with van der Waals surface area (Å²) in [7, 11) is 1.47. The molecule has 7 heteroatoms. The van der Waals surface area contributed by atoms with Gasteiger partial charge in [0.25, 0.3) is 5.91 Å². The minimum atomic E-state index is -1.11. The van der Waals surface area contributed by atoms with Crippen LogP contribution >= 0.6 is 0 Å². The van der Waals surface area contributed by atoms with Crippen molar-refractivity contribution in [2.45, 2.75) is 19.3 Å². The lowest BCUT2D eigenvalue weighted by atomic mass is 9.99. The van der Waals surface area contributed by atoms with Crippen LogP contribution in [0.5, 0.6) is 0 Å². The molecule has 0 radical (unpaired) electrons. The van der Waals surface area contributed by atoms with E-state index in [0.29, 0.717) is 25.0 Å². The maximum Gasteiger partial charge on any atom is 0.335 e. The van der Waals surface area contributed by atoms with Crippen molar-refractivity contribution < 1.29 is 19.5 Å². The third-order valence-corrected chi connectivity index (χ3v) is 4.12. The Kier molecular flexibility index (Phi) is 4.47. The van der Waals surface area contributed by atoms with Crippen LogP contribution in [0.15, 0.2) is 30.3 Å². The van der Waals surface area contributed by atoms with Crippen LogP contribution in [0.4, 0.5) is 5.69 Å². The Hall–Kier alpha value is -3.22. The molecular weight excluding hydrogens is 322 g/mol. The van der Waals surface area contributed by atoms with E-state index in [9.17, 15) is 19.5 Å². The topological polar surface area (TPSA) is 108 Å². The molecule has 25 heavy (non-hydrogen) atoms. The Bertz CT molecular complexity index is 877. The molecule has 3 rings (SSSR count). The standard InChI is InChI=1S/C18H17N3O4/c1-19-17(23)15-8-11(18(24)25)7-12(20-15)6-5-10-3-2-4-14-13(10)9-16(22)21-14/h2-4,7-8H,5-6,9H2,1H3,(H,19,23)(H,21,22)(H,24,25). The van der Waals surface area contributed by atoms with Gasteiger partial charge in [0.1, 0.15) is 5.69 Å². The number of aromatic nitrogens is 1. The molecule has 0 saturated carbocycles. The number of benzene rings is 1. The minimum absolute atomic E-state index is 0.0266. The van der Waals surface area contributed by atoms with E-state index >= 15 is 0 Å². The number of hydrogen-bond acceptors (Lipinski definition) is 4. The SMILES string of the molecule is CNC(=O)c1cc(C(=O)O)cc(CCc2cccc3c2CC(=O)N3)n1. The Labute approximate surface area is 144 Å². The Morgan fingerprint density at radius 3 is 2.80 bits per heavy atom. The van der Waals surface area contributed by atoms with Crippen molar-refractivity contribution >= 4 is 23.5 Å². The van der Waals surface area contributed by atoms with Crippen molar-refractivity contribution in [3.05, 3.63) is 58.4 Å². The van der Waals surface area contributed by atoms with Gasteiger partial charge in [-0.15, -0.1) is 0 Å².